The van der Waals surface area contributed by atoms with Crippen molar-refractivity contribution in [2.45, 2.75) is 0 Å². The van der Waals surface area contributed by atoms with Gasteiger partial charge in [0.05, 0.1) is 6.33 Å². The Hall–Kier alpha value is -2.09. The van der Waals surface area contributed by atoms with Crippen LogP contribution in [-0.4, -0.2) is 0 Å². The van der Waals surface area contributed by atoms with Crippen LogP contribution in [0.25, 0.3) is 28.0 Å². The summed E-state index contributed by atoms with van der Waals surface area (Å²) in [6, 6.07) is 13.5. The fraction of sp³-hybridized carbons (Fsp3) is 0. The smallest absolute Gasteiger partial charge is 0.135 e. The van der Waals surface area contributed by atoms with E-state index in [1.165, 1.54) is 6.08 Å². The summed E-state index contributed by atoms with van der Waals surface area (Å²) >= 11 is 0. The maximum Gasteiger partial charge on any atom is 0.135 e. The molecule has 1 aromatic heterocycles. The Morgan fingerprint density at radius 3 is 2.62 bits per heavy atom. The summed E-state index contributed by atoms with van der Waals surface area (Å²) in [5, 5.41) is 2.08. The molecule has 0 aliphatic rings. The summed E-state index contributed by atoms with van der Waals surface area (Å²) in [6.07, 6.45) is 1.98. The zero-order valence-corrected chi connectivity index (χ0v) is 8.48. The number of para-hydroxylation sites is 1. The van der Waals surface area contributed by atoms with E-state index < -0.39 is 0 Å². The minimum atomic E-state index is 0.545. The third-order valence-electron chi connectivity index (χ3n) is 2.66. The van der Waals surface area contributed by atoms with Crippen molar-refractivity contribution in [3.63, 3.8) is 0 Å². The van der Waals surface area contributed by atoms with Crippen LogP contribution in [-0.2, 0) is 0 Å². The third-order valence-corrected chi connectivity index (χ3v) is 2.66. The summed E-state index contributed by atoms with van der Waals surface area (Å²) in [4.78, 5) is 0. The fourth-order valence-electron chi connectivity index (χ4n) is 1.92. The lowest BCUT2D eigenvalue weighted by atomic mass is 10.1. The van der Waals surface area contributed by atoms with E-state index in [4.69, 9.17) is 4.42 Å². The minimum Gasteiger partial charge on any atom is -0.456 e. The minimum absolute atomic E-state index is 0.545. The average molecular weight is 212 g/mol. The van der Waals surface area contributed by atoms with Gasteiger partial charge in [0.25, 0.3) is 0 Å². The van der Waals surface area contributed by atoms with Crippen LogP contribution in [0.5, 0.6) is 0 Å². The van der Waals surface area contributed by atoms with Gasteiger partial charge in [-0.1, -0.05) is 24.3 Å². The predicted molar refractivity (Wildman–Crippen MR) is 63.9 cm³/mol. The van der Waals surface area contributed by atoms with Crippen LogP contribution >= 0.6 is 0 Å². The van der Waals surface area contributed by atoms with Crippen molar-refractivity contribution in [2.75, 3.05) is 0 Å². The molecule has 2 aromatic carbocycles. The molecule has 0 aliphatic heterocycles. The van der Waals surface area contributed by atoms with E-state index in [1.54, 1.807) is 0 Å². The normalized spacial score (nSPS) is 11.8. The third kappa shape index (κ3) is 1.31. The molecule has 1 nitrogen and oxygen atoms in total. The van der Waals surface area contributed by atoms with E-state index >= 15 is 0 Å². The van der Waals surface area contributed by atoms with Gasteiger partial charge in [-0.05, 0) is 29.8 Å². The maximum atomic E-state index is 12.1. The molecule has 0 N–H and O–H groups in total. The molecule has 0 atom stereocenters. The van der Waals surface area contributed by atoms with Crippen LogP contribution in [0.3, 0.4) is 0 Å². The highest BCUT2D eigenvalue weighted by Crippen LogP contribution is 2.29. The van der Waals surface area contributed by atoms with Gasteiger partial charge in [-0.2, -0.15) is 0 Å². The molecule has 2 heteroatoms. The highest BCUT2D eigenvalue weighted by atomic mass is 19.1. The number of halogens is 1. The van der Waals surface area contributed by atoms with E-state index in [2.05, 4.69) is 0 Å². The zero-order valence-electron chi connectivity index (χ0n) is 8.48. The molecular formula is C14H9FO. The van der Waals surface area contributed by atoms with E-state index in [0.29, 0.717) is 6.33 Å². The second kappa shape index (κ2) is 3.49. The van der Waals surface area contributed by atoms with E-state index in [0.717, 1.165) is 27.5 Å². The largest absolute Gasteiger partial charge is 0.456 e. The lowest BCUT2D eigenvalue weighted by Gasteiger charge is -1.92. The molecule has 78 valence electrons. The zero-order chi connectivity index (χ0) is 11.0. The summed E-state index contributed by atoms with van der Waals surface area (Å²) < 4.78 is 17.8. The predicted octanol–water partition coefficient (Wildman–Crippen LogP) is 4.53. The molecule has 16 heavy (non-hydrogen) atoms. The first kappa shape index (κ1) is 9.16. The molecule has 0 saturated heterocycles. The number of furan rings is 1. The Bertz CT molecular complexity index is 679. The second-order valence-electron chi connectivity index (χ2n) is 3.65. The molecule has 0 aliphatic carbocycles. The SMILES string of the molecule is FC=Cc1ccc2oc3ccccc3c2c1. The summed E-state index contributed by atoms with van der Waals surface area (Å²) in [7, 11) is 0. The molecule has 0 radical (unpaired) electrons. The number of rotatable bonds is 1. The van der Waals surface area contributed by atoms with E-state index in [1.807, 2.05) is 42.5 Å². The Kier molecular flexibility index (Phi) is 2.00. The second-order valence-corrected chi connectivity index (χ2v) is 3.65. The Morgan fingerprint density at radius 2 is 1.75 bits per heavy atom. The molecule has 0 spiro atoms. The molecule has 3 rings (SSSR count). The maximum absolute atomic E-state index is 12.1. The summed E-state index contributed by atoms with van der Waals surface area (Å²) in [6.45, 7) is 0. The first-order chi connectivity index (χ1) is 7.88. The summed E-state index contributed by atoms with van der Waals surface area (Å²) in [5.74, 6) is 0. The van der Waals surface area contributed by atoms with Gasteiger partial charge in [0.1, 0.15) is 11.2 Å². The van der Waals surface area contributed by atoms with Crippen LogP contribution < -0.4 is 0 Å². The number of fused-ring (bicyclic) bond motifs is 3. The first-order valence-electron chi connectivity index (χ1n) is 5.06. The standard InChI is InChI=1S/C14H9FO/c15-8-7-10-5-6-14-12(9-10)11-3-1-2-4-13(11)16-14/h1-9H. The van der Waals surface area contributed by atoms with E-state index in [-0.39, 0.29) is 0 Å². The molecule has 0 unspecified atom stereocenters. The van der Waals surface area contributed by atoms with Crippen molar-refractivity contribution in [3.8, 4) is 0 Å². The molecule has 0 saturated carbocycles. The molecule has 0 bridgehead atoms. The van der Waals surface area contributed by atoms with Gasteiger partial charge in [-0.3, -0.25) is 0 Å². The molecule has 1 heterocycles. The van der Waals surface area contributed by atoms with Crippen molar-refractivity contribution in [1.29, 1.82) is 0 Å². The summed E-state index contributed by atoms with van der Waals surface area (Å²) in [5.41, 5.74) is 2.53. The number of hydrogen-bond acceptors (Lipinski definition) is 1. The van der Waals surface area contributed by atoms with Crippen LogP contribution in [0.15, 0.2) is 53.2 Å². The Balaban J connectivity index is 2.39. The van der Waals surface area contributed by atoms with Crippen molar-refractivity contribution in [2.24, 2.45) is 0 Å². The Labute approximate surface area is 91.8 Å². The quantitative estimate of drug-likeness (QED) is 0.577. The highest BCUT2D eigenvalue weighted by molar-refractivity contribution is 6.05. The van der Waals surface area contributed by atoms with E-state index in [9.17, 15) is 4.39 Å². The molecule has 0 fully saturated rings. The van der Waals surface area contributed by atoms with Gasteiger partial charge >= 0.3 is 0 Å². The van der Waals surface area contributed by atoms with Gasteiger partial charge in [0.2, 0.25) is 0 Å². The van der Waals surface area contributed by atoms with Gasteiger partial charge in [0, 0.05) is 10.8 Å². The lowest BCUT2D eigenvalue weighted by molar-refractivity contribution is 0.669. The van der Waals surface area contributed by atoms with Gasteiger partial charge < -0.3 is 4.42 Å². The van der Waals surface area contributed by atoms with Crippen molar-refractivity contribution in [3.05, 3.63) is 54.4 Å². The first-order valence-corrected chi connectivity index (χ1v) is 5.06. The van der Waals surface area contributed by atoms with Crippen molar-refractivity contribution < 1.29 is 8.81 Å². The lowest BCUT2D eigenvalue weighted by Crippen LogP contribution is -1.71. The van der Waals surface area contributed by atoms with Crippen molar-refractivity contribution in [1.82, 2.24) is 0 Å². The van der Waals surface area contributed by atoms with Gasteiger partial charge in [-0.25, -0.2) is 4.39 Å². The highest BCUT2D eigenvalue weighted by Gasteiger charge is 2.05. The van der Waals surface area contributed by atoms with Crippen molar-refractivity contribution >= 4 is 28.0 Å². The Morgan fingerprint density at radius 1 is 0.938 bits per heavy atom. The number of hydrogen-bond donors (Lipinski definition) is 0. The van der Waals surface area contributed by atoms with Crippen LogP contribution in [0.2, 0.25) is 0 Å². The van der Waals surface area contributed by atoms with Gasteiger partial charge in [-0.15, -0.1) is 0 Å². The monoisotopic (exact) mass is 212 g/mol. The fourth-order valence-corrected chi connectivity index (χ4v) is 1.92. The average Bonchev–Trinajstić information content (AvgIpc) is 2.68. The molecule has 0 amide bonds. The topological polar surface area (TPSA) is 13.1 Å². The number of benzene rings is 2. The molecular weight excluding hydrogens is 203 g/mol. The van der Waals surface area contributed by atoms with Crippen LogP contribution in [0.1, 0.15) is 5.56 Å². The van der Waals surface area contributed by atoms with Crippen LogP contribution in [0.4, 0.5) is 4.39 Å². The van der Waals surface area contributed by atoms with Crippen LogP contribution in [0, 0.1) is 0 Å². The molecule has 3 aromatic rings. The van der Waals surface area contributed by atoms with Gasteiger partial charge in [0.15, 0.2) is 0 Å².